The molecule has 1 aliphatic rings. The molecule has 2 heterocycles. The predicted octanol–water partition coefficient (Wildman–Crippen LogP) is 3.32. The Balaban J connectivity index is 1.52. The maximum absolute atomic E-state index is 12.6. The molecule has 0 aliphatic carbocycles. The van der Waals surface area contributed by atoms with Gasteiger partial charge in [-0.3, -0.25) is 9.78 Å². The van der Waals surface area contributed by atoms with E-state index in [-0.39, 0.29) is 5.91 Å². The molecule has 0 bridgehead atoms. The Bertz CT molecular complexity index is 882. The minimum atomic E-state index is -0.150. The first-order valence-electron chi connectivity index (χ1n) is 8.39. The van der Waals surface area contributed by atoms with E-state index in [1.807, 2.05) is 48.5 Å². The summed E-state index contributed by atoms with van der Waals surface area (Å²) >= 11 is 0. The summed E-state index contributed by atoms with van der Waals surface area (Å²) < 4.78 is 5.38. The zero-order valence-electron chi connectivity index (χ0n) is 13.8. The first-order valence-corrected chi connectivity index (χ1v) is 8.39. The molecule has 1 aliphatic heterocycles. The highest BCUT2D eigenvalue weighted by Crippen LogP contribution is 2.21. The van der Waals surface area contributed by atoms with Crippen LogP contribution in [0, 0.1) is 0 Å². The van der Waals surface area contributed by atoms with Crippen LogP contribution >= 0.6 is 0 Å². The van der Waals surface area contributed by atoms with E-state index in [9.17, 15) is 4.79 Å². The van der Waals surface area contributed by atoms with Crippen LogP contribution in [-0.2, 0) is 4.74 Å². The van der Waals surface area contributed by atoms with Crippen LogP contribution in [0.3, 0.4) is 0 Å². The molecule has 25 heavy (non-hydrogen) atoms. The number of hydrogen-bond donors (Lipinski definition) is 1. The molecule has 1 saturated heterocycles. The highest BCUT2D eigenvalue weighted by Gasteiger charge is 2.13. The van der Waals surface area contributed by atoms with Crippen molar-refractivity contribution in [3.8, 4) is 0 Å². The van der Waals surface area contributed by atoms with Crippen molar-refractivity contribution in [3.63, 3.8) is 0 Å². The van der Waals surface area contributed by atoms with Crippen molar-refractivity contribution >= 4 is 28.2 Å². The molecule has 1 fully saturated rings. The van der Waals surface area contributed by atoms with Gasteiger partial charge in [0.25, 0.3) is 5.91 Å². The highest BCUT2D eigenvalue weighted by atomic mass is 16.5. The topological polar surface area (TPSA) is 54.5 Å². The number of aromatic nitrogens is 1. The second kappa shape index (κ2) is 6.91. The van der Waals surface area contributed by atoms with E-state index in [4.69, 9.17) is 4.74 Å². The average Bonchev–Trinajstić information content (AvgIpc) is 2.69. The standard InChI is InChI=1S/C20H19N3O2/c24-20(18-5-1-3-15-4-2-10-21-19(15)18)22-16-6-8-17(9-7-16)23-11-13-25-14-12-23/h1-10H,11-14H2,(H,22,24). The summed E-state index contributed by atoms with van der Waals surface area (Å²) in [5.74, 6) is -0.150. The smallest absolute Gasteiger partial charge is 0.257 e. The summed E-state index contributed by atoms with van der Waals surface area (Å²) in [6, 6.07) is 17.4. The van der Waals surface area contributed by atoms with Gasteiger partial charge in [-0.2, -0.15) is 0 Å². The molecule has 5 heteroatoms. The van der Waals surface area contributed by atoms with Gasteiger partial charge >= 0.3 is 0 Å². The number of morpholine rings is 1. The average molecular weight is 333 g/mol. The molecule has 0 spiro atoms. The number of nitrogens with zero attached hydrogens (tertiary/aromatic N) is 2. The van der Waals surface area contributed by atoms with Crippen LogP contribution in [0.5, 0.6) is 0 Å². The van der Waals surface area contributed by atoms with Gasteiger partial charge in [-0.05, 0) is 36.4 Å². The van der Waals surface area contributed by atoms with Gasteiger partial charge in [-0.15, -0.1) is 0 Å². The Hall–Kier alpha value is -2.92. The van der Waals surface area contributed by atoms with Gasteiger partial charge in [0, 0.05) is 36.0 Å². The van der Waals surface area contributed by atoms with Crippen molar-refractivity contribution in [2.24, 2.45) is 0 Å². The van der Waals surface area contributed by atoms with Crippen LogP contribution in [-0.4, -0.2) is 37.2 Å². The van der Waals surface area contributed by atoms with E-state index < -0.39 is 0 Å². The summed E-state index contributed by atoms with van der Waals surface area (Å²) in [5.41, 5.74) is 3.21. The third kappa shape index (κ3) is 3.32. The van der Waals surface area contributed by atoms with E-state index >= 15 is 0 Å². The lowest BCUT2D eigenvalue weighted by Crippen LogP contribution is -2.36. The van der Waals surface area contributed by atoms with Crippen LogP contribution in [0.15, 0.2) is 60.8 Å². The quantitative estimate of drug-likeness (QED) is 0.799. The zero-order chi connectivity index (χ0) is 17.1. The lowest BCUT2D eigenvalue weighted by atomic mass is 10.1. The van der Waals surface area contributed by atoms with Crippen LogP contribution in [0.4, 0.5) is 11.4 Å². The number of anilines is 2. The molecule has 2 aromatic carbocycles. The molecule has 4 rings (SSSR count). The van der Waals surface area contributed by atoms with Gasteiger partial charge in [0.05, 0.1) is 24.3 Å². The van der Waals surface area contributed by atoms with E-state index in [0.717, 1.165) is 43.1 Å². The minimum Gasteiger partial charge on any atom is -0.378 e. The number of rotatable bonds is 3. The molecule has 0 saturated carbocycles. The number of pyridine rings is 1. The molecule has 1 aromatic heterocycles. The predicted molar refractivity (Wildman–Crippen MR) is 99.2 cm³/mol. The molecule has 5 nitrogen and oxygen atoms in total. The number of ether oxygens (including phenoxy) is 1. The third-order valence-corrected chi connectivity index (χ3v) is 4.38. The fourth-order valence-electron chi connectivity index (χ4n) is 3.06. The van der Waals surface area contributed by atoms with Gasteiger partial charge in [-0.25, -0.2) is 0 Å². The highest BCUT2D eigenvalue weighted by molar-refractivity contribution is 6.11. The second-order valence-corrected chi connectivity index (χ2v) is 5.98. The van der Waals surface area contributed by atoms with Gasteiger partial charge in [0.15, 0.2) is 0 Å². The maximum Gasteiger partial charge on any atom is 0.257 e. The Morgan fingerprint density at radius 1 is 1.00 bits per heavy atom. The number of para-hydroxylation sites is 1. The van der Waals surface area contributed by atoms with Gasteiger partial charge in [0.2, 0.25) is 0 Å². The molecule has 3 aromatic rings. The van der Waals surface area contributed by atoms with Crippen molar-refractivity contribution < 1.29 is 9.53 Å². The second-order valence-electron chi connectivity index (χ2n) is 5.98. The van der Waals surface area contributed by atoms with Crippen LogP contribution in [0.25, 0.3) is 10.9 Å². The molecule has 1 amide bonds. The number of benzene rings is 2. The van der Waals surface area contributed by atoms with Crippen LogP contribution in [0.1, 0.15) is 10.4 Å². The molecule has 1 N–H and O–H groups in total. The lowest BCUT2D eigenvalue weighted by molar-refractivity contribution is 0.102. The normalized spacial score (nSPS) is 14.5. The number of amides is 1. The fraction of sp³-hybridized carbons (Fsp3) is 0.200. The summed E-state index contributed by atoms with van der Waals surface area (Å²) in [4.78, 5) is 19.3. The van der Waals surface area contributed by atoms with Gasteiger partial charge < -0.3 is 15.0 Å². The number of carbonyl (C=O) groups excluding carboxylic acids is 1. The monoisotopic (exact) mass is 333 g/mol. The number of hydrogen-bond acceptors (Lipinski definition) is 4. The van der Waals surface area contributed by atoms with E-state index in [2.05, 4.69) is 15.2 Å². The minimum absolute atomic E-state index is 0.150. The zero-order valence-corrected chi connectivity index (χ0v) is 13.8. The first-order chi connectivity index (χ1) is 12.3. The van der Waals surface area contributed by atoms with Crippen molar-refractivity contribution in [2.45, 2.75) is 0 Å². The number of nitrogens with one attached hydrogen (secondary N) is 1. The molecule has 0 unspecified atom stereocenters. The Morgan fingerprint density at radius 3 is 2.56 bits per heavy atom. The van der Waals surface area contributed by atoms with Crippen LogP contribution < -0.4 is 10.2 Å². The largest absolute Gasteiger partial charge is 0.378 e. The van der Waals surface area contributed by atoms with Gasteiger partial charge in [0.1, 0.15) is 0 Å². The molecular weight excluding hydrogens is 314 g/mol. The Kier molecular flexibility index (Phi) is 4.31. The third-order valence-electron chi connectivity index (χ3n) is 4.38. The molecule has 0 radical (unpaired) electrons. The van der Waals surface area contributed by atoms with Crippen molar-refractivity contribution in [3.05, 3.63) is 66.4 Å². The first kappa shape index (κ1) is 15.6. The molecule has 0 atom stereocenters. The molecular formula is C20H19N3O2. The van der Waals surface area contributed by atoms with Crippen molar-refractivity contribution in [1.82, 2.24) is 4.98 Å². The lowest BCUT2D eigenvalue weighted by Gasteiger charge is -2.28. The maximum atomic E-state index is 12.6. The summed E-state index contributed by atoms with van der Waals surface area (Å²) in [6.07, 6.45) is 1.70. The van der Waals surface area contributed by atoms with Crippen molar-refractivity contribution in [1.29, 1.82) is 0 Å². The SMILES string of the molecule is O=C(Nc1ccc(N2CCOCC2)cc1)c1cccc2cccnc12. The van der Waals surface area contributed by atoms with Gasteiger partial charge in [-0.1, -0.05) is 18.2 Å². The van der Waals surface area contributed by atoms with E-state index in [1.165, 1.54) is 0 Å². The van der Waals surface area contributed by atoms with E-state index in [1.54, 1.807) is 12.3 Å². The van der Waals surface area contributed by atoms with Crippen LogP contribution in [0.2, 0.25) is 0 Å². The Labute approximate surface area is 146 Å². The summed E-state index contributed by atoms with van der Waals surface area (Å²) in [5, 5.41) is 3.91. The molecule has 126 valence electrons. The number of carbonyl (C=O) groups is 1. The fourth-order valence-corrected chi connectivity index (χ4v) is 3.06. The number of fused-ring (bicyclic) bond motifs is 1. The summed E-state index contributed by atoms with van der Waals surface area (Å²) in [6.45, 7) is 3.31. The van der Waals surface area contributed by atoms with E-state index in [0.29, 0.717) is 11.1 Å². The van der Waals surface area contributed by atoms with Crippen molar-refractivity contribution in [2.75, 3.05) is 36.5 Å². The Morgan fingerprint density at radius 2 is 1.76 bits per heavy atom. The summed E-state index contributed by atoms with van der Waals surface area (Å²) in [7, 11) is 0.